The largest absolute Gasteiger partial charge is 0.454 e. The summed E-state index contributed by atoms with van der Waals surface area (Å²) in [6.45, 7) is 8.19. The summed E-state index contributed by atoms with van der Waals surface area (Å²) in [4.78, 5) is 23.6. The Hall–Kier alpha value is -0.810. The minimum Gasteiger partial charge on any atom is -0.454 e. The van der Waals surface area contributed by atoms with Crippen molar-refractivity contribution < 1.29 is 9.21 Å². The lowest BCUT2D eigenvalue weighted by Gasteiger charge is -2.39. The molecule has 0 aliphatic carbocycles. The highest BCUT2D eigenvalue weighted by molar-refractivity contribution is 14.0. The third kappa shape index (κ3) is 6.09. The number of hydrogen-bond donors (Lipinski definition) is 1. The molecule has 1 atom stereocenters. The number of aliphatic imine (C=N–C) groups is 1. The number of nitrogens with zero attached hydrogens (tertiary/aromatic N) is 4. The number of nitrogens with one attached hydrogen (secondary N) is 1. The van der Waals surface area contributed by atoms with Crippen molar-refractivity contribution in [3.63, 3.8) is 0 Å². The monoisotopic (exact) mass is 567 g/mol. The van der Waals surface area contributed by atoms with E-state index in [0.29, 0.717) is 0 Å². The molecule has 2 saturated heterocycles. The van der Waals surface area contributed by atoms with Crippen molar-refractivity contribution in [1.82, 2.24) is 20.0 Å². The molecule has 7 nitrogen and oxygen atoms in total. The van der Waals surface area contributed by atoms with E-state index >= 15 is 0 Å². The summed E-state index contributed by atoms with van der Waals surface area (Å²) in [6.07, 6.45) is 3.10. The van der Waals surface area contributed by atoms with Crippen LogP contribution in [0.5, 0.6) is 0 Å². The molecule has 1 aromatic rings. The fraction of sp³-hybridized carbons (Fsp3) is 0.684. The lowest BCUT2D eigenvalue weighted by molar-refractivity contribution is -0.135. The van der Waals surface area contributed by atoms with E-state index in [1.807, 2.05) is 31.0 Å². The number of carbonyl (C=O) groups is 1. The van der Waals surface area contributed by atoms with Crippen LogP contribution in [0, 0.1) is 0 Å². The van der Waals surface area contributed by atoms with E-state index in [1.54, 1.807) is 0 Å². The predicted octanol–water partition coefficient (Wildman–Crippen LogP) is 2.41. The van der Waals surface area contributed by atoms with Gasteiger partial charge in [-0.3, -0.25) is 14.7 Å². The van der Waals surface area contributed by atoms with Crippen LogP contribution >= 0.6 is 39.9 Å². The average molecular weight is 568 g/mol. The third-order valence-electron chi connectivity index (χ3n) is 5.43. The van der Waals surface area contributed by atoms with Crippen molar-refractivity contribution in [3.05, 3.63) is 22.6 Å². The van der Waals surface area contributed by atoms with Gasteiger partial charge < -0.3 is 19.5 Å². The second kappa shape index (κ2) is 11.4. The minimum atomic E-state index is -0.0300. The third-order valence-corrected chi connectivity index (χ3v) is 5.86. The van der Waals surface area contributed by atoms with Crippen LogP contribution in [-0.2, 0) is 11.2 Å². The Bertz CT molecular complexity index is 655. The highest BCUT2D eigenvalue weighted by Crippen LogP contribution is 2.15. The topological polar surface area (TPSA) is 64.3 Å². The molecule has 2 aliphatic heterocycles. The van der Waals surface area contributed by atoms with Crippen molar-refractivity contribution in [2.24, 2.45) is 4.99 Å². The molecule has 2 fully saturated rings. The lowest BCUT2D eigenvalue weighted by atomic mass is 10.2. The van der Waals surface area contributed by atoms with Gasteiger partial charge in [0.2, 0.25) is 5.91 Å². The maximum Gasteiger partial charge on any atom is 0.239 e. The van der Waals surface area contributed by atoms with Gasteiger partial charge in [-0.15, -0.1) is 24.0 Å². The standard InChI is InChI=1S/C19H30BrN5O2.HI/c1-15(18(26)24-9-3-4-10-24)23-11-13-25(14-12-23)19(21-2)22-8-7-16-5-6-17(20)27-16;/h5-6,15H,3-4,7-14H2,1-2H3,(H,21,22);1H. The van der Waals surface area contributed by atoms with Crippen LogP contribution in [0.1, 0.15) is 25.5 Å². The van der Waals surface area contributed by atoms with Gasteiger partial charge >= 0.3 is 0 Å². The second-order valence-corrected chi connectivity index (χ2v) is 7.94. The first kappa shape index (κ1) is 23.5. The molecule has 0 aromatic carbocycles. The number of carbonyl (C=O) groups excluding carboxylic acids is 1. The first-order valence-corrected chi connectivity index (χ1v) is 10.6. The van der Waals surface area contributed by atoms with Crippen molar-refractivity contribution in [1.29, 1.82) is 0 Å². The predicted molar refractivity (Wildman–Crippen MR) is 125 cm³/mol. The van der Waals surface area contributed by atoms with E-state index in [9.17, 15) is 4.79 Å². The normalized spacial score (nSPS) is 19.5. The highest BCUT2D eigenvalue weighted by atomic mass is 127. The number of amides is 1. The number of rotatable bonds is 5. The van der Waals surface area contributed by atoms with Gasteiger partial charge in [-0.1, -0.05) is 0 Å². The van der Waals surface area contributed by atoms with Crippen LogP contribution in [0.3, 0.4) is 0 Å². The van der Waals surface area contributed by atoms with Gasteiger partial charge in [-0.2, -0.15) is 0 Å². The van der Waals surface area contributed by atoms with Gasteiger partial charge in [0.25, 0.3) is 0 Å². The molecule has 0 saturated carbocycles. The molecular formula is C19H31BrIN5O2. The molecule has 9 heteroatoms. The molecule has 2 aliphatic rings. The van der Waals surface area contributed by atoms with E-state index in [2.05, 4.69) is 36.0 Å². The van der Waals surface area contributed by atoms with E-state index in [1.165, 1.54) is 0 Å². The van der Waals surface area contributed by atoms with Gasteiger partial charge in [0.1, 0.15) is 5.76 Å². The zero-order chi connectivity index (χ0) is 19.2. The summed E-state index contributed by atoms with van der Waals surface area (Å²) in [5, 5.41) is 3.42. The molecule has 3 rings (SSSR count). The summed E-state index contributed by atoms with van der Waals surface area (Å²) < 4.78 is 6.29. The van der Waals surface area contributed by atoms with Crippen molar-refractivity contribution in [3.8, 4) is 0 Å². The summed E-state index contributed by atoms with van der Waals surface area (Å²) >= 11 is 3.33. The fourth-order valence-corrected chi connectivity index (χ4v) is 4.13. The summed E-state index contributed by atoms with van der Waals surface area (Å²) in [5.41, 5.74) is 0. The Morgan fingerprint density at radius 2 is 1.86 bits per heavy atom. The number of guanidine groups is 1. The zero-order valence-corrected chi connectivity index (χ0v) is 20.6. The molecule has 0 spiro atoms. The molecule has 1 amide bonds. The van der Waals surface area contributed by atoms with E-state index < -0.39 is 0 Å². The molecule has 1 unspecified atom stereocenters. The molecular weight excluding hydrogens is 537 g/mol. The van der Waals surface area contributed by atoms with Crippen LogP contribution in [0.4, 0.5) is 0 Å². The van der Waals surface area contributed by atoms with Gasteiger partial charge in [-0.25, -0.2) is 0 Å². The highest BCUT2D eigenvalue weighted by Gasteiger charge is 2.30. The molecule has 0 bridgehead atoms. The molecule has 158 valence electrons. The van der Waals surface area contributed by atoms with Crippen LogP contribution in [0.25, 0.3) is 0 Å². The first-order valence-electron chi connectivity index (χ1n) is 9.81. The first-order chi connectivity index (χ1) is 13.1. The van der Waals surface area contributed by atoms with Crippen molar-refractivity contribution >= 4 is 51.8 Å². The Kier molecular flexibility index (Phi) is 9.55. The second-order valence-electron chi connectivity index (χ2n) is 7.16. The Morgan fingerprint density at radius 3 is 2.43 bits per heavy atom. The van der Waals surface area contributed by atoms with Crippen LogP contribution in [-0.4, -0.2) is 85.5 Å². The van der Waals surface area contributed by atoms with Crippen molar-refractivity contribution in [2.75, 3.05) is 52.9 Å². The quantitative estimate of drug-likeness (QED) is 0.336. The zero-order valence-electron chi connectivity index (χ0n) is 16.7. The Morgan fingerprint density at radius 1 is 1.18 bits per heavy atom. The number of hydrogen-bond acceptors (Lipinski definition) is 4. The molecule has 0 radical (unpaired) electrons. The maximum absolute atomic E-state index is 12.6. The van der Waals surface area contributed by atoms with Crippen LogP contribution in [0.2, 0.25) is 0 Å². The summed E-state index contributed by atoms with van der Waals surface area (Å²) in [5.74, 6) is 2.15. The number of furan rings is 1. The van der Waals surface area contributed by atoms with Gasteiger partial charge in [0.05, 0.1) is 6.04 Å². The molecule has 1 N–H and O–H groups in total. The summed E-state index contributed by atoms with van der Waals surface area (Å²) in [6, 6.07) is 3.86. The summed E-state index contributed by atoms with van der Waals surface area (Å²) in [7, 11) is 1.82. The molecule has 1 aromatic heterocycles. The van der Waals surface area contributed by atoms with Gasteiger partial charge in [-0.05, 0) is 47.8 Å². The molecule has 3 heterocycles. The van der Waals surface area contributed by atoms with E-state index in [4.69, 9.17) is 4.42 Å². The number of halogens is 2. The maximum atomic E-state index is 12.6. The van der Waals surface area contributed by atoms with Crippen LogP contribution < -0.4 is 5.32 Å². The Labute approximate surface area is 193 Å². The minimum absolute atomic E-state index is 0. The van der Waals surface area contributed by atoms with Crippen molar-refractivity contribution in [2.45, 2.75) is 32.2 Å². The Balaban J connectivity index is 0.00000280. The lowest BCUT2D eigenvalue weighted by Crippen LogP contribution is -2.57. The van der Waals surface area contributed by atoms with Gasteiger partial charge in [0, 0.05) is 59.3 Å². The van der Waals surface area contributed by atoms with E-state index in [-0.39, 0.29) is 35.9 Å². The fourth-order valence-electron chi connectivity index (χ4n) is 3.79. The van der Waals surface area contributed by atoms with Gasteiger partial charge in [0.15, 0.2) is 10.6 Å². The average Bonchev–Trinajstić information content (AvgIpc) is 3.36. The van der Waals surface area contributed by atoms with E-state index in [0.717, 1.165) is 81.5 Å². The smallest absolute Gasteiger partial charge is 0.239 e. The molecule has 28 heavy (non-hydrogen) atoms. The van der Waals surface area contributed by atoms with Crippen LogP contribution in [0.15, 0.2) is 26.2 Å². The number of piperazine rings is 1. The SMILES string of the molecule is CN=C(NCCc1ccc(Br)o1)N1CCN(C(C)C(=O)N2CCCC2)CC1.I. The number of likely N-dealkylation sites (tertiary alicyclic amines) is 1.